The lowest BCUT2D eigenvalue weighted by atomic mass is 10.3. The number of rotatable bonds is 5. The summed E-state index contributed by atoms with van der Waals surface area (Å²) in [6.45, 7) is -0.577. The lowest BCUT2D eigenvalue weighted by Crippen LogP contribution is -2.39. The number of nitrogens with one attached hydrogen (secondary N) is 1. The van der Waals surface area contributed by atoms with E-state index in [1.807, 2.05) is 0 Å². The summed E-state index contributed by atoms with van der Waals surface area (Å²) in [4.78, 5) is 34.3. The Morgan fingerprint density at radius 1 is 1.21 bits per heavy atom. The maximum atomic E-state index is 12.7. The van der Waals surface area contributed by atoms with Gasteiger partial charge in [-0.05, 0) is 18.2 Å². The Morgan fingerprint density at radius 3 is 2.43 bits per heavy atom. The molecule has 0 spiro atoms. The number of sulfone groups is 1. The highest BCUT2D eigenvalue weighted by molar-refractivity contribution is 7.92. The number of carbonyl (C=O) groups is 1. The van der Waals surface area contributed by atoms with Crippen LogP contribution in [0.3, 0.4) is 0 Å². The topological polar surface area (TPSA) is 116 Å². The van der Waals surface area contributed by atoms with E-state index in [1.165, 1.54) is 14.2 Å². The molecule has 28 heavy (non-hydrogen) atoms. The summed E-state index contributed by atoms with van der Waals surface area (Å²) >= 11 is 0. The van der Waals surface area contributed by atoms with Crippen molar-refractivity contribution in [3.8, 4) is 5.75 Å². The van der Waals surface area contributed by atoms with Crippen molar-refractivity contribution in [2.45, 2.75) is 16.9 Å². The van der Waals surface area contributed by atoms with Gasteiger partial charge in [0.05, 0.1) is 17.7 Å². The van der Waals surface area contributed by atoms with Gasteiger partial charge in [-0.2, -0.15) is 13.2 Å². The quantitative estimate of drug-likeness (QED) is 0.751. The number of ether oxygens (including phenoxy) is 1. The SMILES string of the molecule is COc1ccc(S(=O)(=O)C(F)(F)F)cc1NC(=O)Cn1ccc(=O)n(C)c1=O. The summed E-state index contributed by atoms with van der Waals surface area (Å²) in [5.74, 6) is -0.956. The van der Waals surface area contributed by atoms with E-state index in [9.17, 15) is 36.0 Å². The number of methoxy groups -OCH3 is 1. The van der Waals surface area contributed by atoms with E-state index >= 15 is 0 Å². The van der Waals surface area contributed by atoms with E-state index in [1.54, 1.807) is 0 Å². The van der Waals surface area contributed by atoms with Gasteiger partial charge in [0, 0.05) is 19.3 Å². The van der Waals surface area contributed by atoms with E-state index in [0.717, 1.165) is 27.5 Å². The number of benzene rings is 1. The summed E-state index contributed by atoms with van der Waals surface area (Å²) in [5.41, 5.74) is -7.24. The molecule has 1 N–H and O–H groups in total. The maximum absolute atomic E-state index is 12.7. The fourth-order valence-corrected chi connectivity index (χ4v) is 2.95. The van der Waals surface area contributed by atoms with Crippen LogP contribution in [0.2, 0.25) is 0 Å². The smallest absolute Gasteiger partial charge is 0.495 e. The molecule has 9 nitrogen and oxygen atoms in total. The van der Waals surface area contributed by atoms with Crippen LogP contribution in [0.15, 0.2) is 44.9 Å². The fraction of sp³-hybridized carbons (Fsp3) is 0.267. The molecule has 0 saturated heterocycles. The minimum atomic E-state index is -5.64. The molecule has 1 amide bonds. The monoisotopic (exact) mass is 421 g/mol. The van der Waals surface area contributed by atoms with Crippen LogP contribution in [0.4, 0.5) is 18.9 Å². The number of nitrogens with zero attached hydrogens (tertiary/aromatic N) is 2. The van der Waals surface area contributed by atoms with E-state index < -0.39 is 43.9 Å². The Labute approximate surface area is 155 Å². The molecule has 1 heterocycles. The lowest BCUT2D eigenvalue weighted by molar-refractivity contribution is -0.116. The second-order valence-corrected chi connectivity index (χ2v) is 7.42. The molecular formula is C15H14F3N3O6S. The van der Waals surface area contributed by atoms with Crippen molar-refractivity contribution in [3.05, 3.63) is 51.3 Å². The fourth-order valence-electron chi connectivity index (χ4n) is 2.17. The van der Waals surface area contributed by atoms with Crippen LogP contribution in [0.5, 0.6) is 5.75 Å². The second-order valence-electron chi connectivity index (χ2n) is 5.48. The highest BCUT2D eigenvalue weighted by atomic mass is 32.2. The molecule has 2 rings (SSSR count). The zero-order valence-electron chi connectivity index (χ0n) is 14.5. The van der Waals surface area contributed by atoms with Gasteiger partial charge in [0.2, 0.25) is 5.91 Å². The molecule has 1 aromatic carbocycles. The molecule has 1 aromatic heterocycles. The van der Waals surface area contributed by atoms with Crippen molar-refractivity contribution in [3.63, 3.8) is 0 Å². The normalized spacial score (nSPS) is 11.9. The largest absolute Gasteiger partial charge is 0.501 e. The Hall–Kier alpha value is -3.09. The number of hydrogen-bond donors (Lipinski definition) is 1. The molecule has 2 aromatic rings. The van der Waals surface area contributed by atoms with Crippen molar-refractivity contribution >= 4 is 21.4 Å². The number of hydrogen-bond acceptors (Lipinski definition) is 6. The Balaban J connectivity index is 2.36. The van der Waals surface area contributed by atoms with Crippen LogP contribution >= 0.6 is 0 Å². The standard InChI is InChI=1S/C15H14F3N3O6S/c1-20-13(23)5-6-21(14(20)24)8-12(22)19-10-7-9(3-4-11(10)27-2)28(25,26)15(16,17)18/h3-7H,8H2,1-2H3,(H,19,22). The Kier molecular flexibility index (Phi) is 5.68. The third-order valence-electron chi connectivity index (χ3n) is 3.63. The van der Waals surface area contributed by atoms with Gasteiger partial charge < -0.3 is 10.1 Å². The van der Waals surface area contributed by atoms with Gasteiger partial charge in [-0.25, -0.2) is 13.2 Å². The molecule has 152 valence electrons. The maximum Gasteiger partial charge on any atom is 0.501 e. The van der Waals surface area contributed by atoms with Crippen LogP contribution in [-0.2, 0) is 28.2 Å². The minimum Gasteiger partial charge on any atom is -0.495 e. The number of aromatic nitrogens is 2. The van der Waals surface area contributed by atoms with Gasteiger partial charge >= 0.3 is 11.2 Å². The summed E-state index contributed by atoms with van der Waals surface area (Å²) in [6.07, 6.45) is 1.08. The number of anilines is 1. The van der Waals surface area contributed by atoms with Crippen molar-refractivity contribution in [1.29, 1.82) is 0 Å². The first kappa shape index (κ1) is 21.2. The lowest BCUT2D eigenvalue weighted by Gasteiger charge is -2.14. The number of halogens is 3. The van der Waals surface area contributed by atoms with Gasteiger partial charge in [0.25, 0.3) is 15.4 Å². The number of amides is 1. The van der Waals surface area contributed by atoms with Crippen LogP contribution in [0.25, 0.3) is 0 Å². The molecule has 0 fully saturated rings. The molecule has 0 atom stereocenters. The van der Waals surface area contributed by atoms with E-state index in [0.29, 0.717) is 12.1 Å². The van der Waals surface area contributed by atoms with Gasteiger partial charge in [-0.3, -0.25) is 18.7 Å². The molecule has 0 aliphatic heterocycles. The first-order valence-electron chi connectivity index (χ1n) is 7.44. The highest BCUT2D eigenvalue weighted by Crippen LogP contribution is 2.34. The van der Waals surface area contributed by atoms with Crippen LogP contribution < -0.4 is 21.3 Å². The minimum absolute atomic E-state index is 0.0951. The third-order valence-corrected chi connectivity index (χ3v) is 5.12. The molecule has 0 aliphatic carbocycles. The molecule has 13 heteroatoms. The Bertz CT molecular complexity index is 1130. The summed E-state index contributed by atoms with van der Waals surface area (Å²) in [7, 11) is -3.27. The average Bonchev–Trinajstić information content (AvgIpc) is 2.61. The van der Waals surface area contributed by atoms with Crippen molar-refractivity contribution in [2.24, 2.45) is 7.05 Å². The molecular weight excluding hydrogens is 407 g/mol. The molecule has 0 bridgehead atoms. The summed E-state index contributed by atoms with van der Waals surface area (Å²) in [6, 6.07) is 3.29. The van der Waals surface area contributed by atoms with Gasteiger partial charge in [-0.15, -0.1) is 0 Å². The molecule has 0 aliphatic rings. The van der Waals surface area contributed by atoms with E-state index in [-0.39, 0.29) is 11.4 Å². The van der Waals surface area contributed by atoms with Crippen LogP contribution in [-0.4, -0.2) is 36.1 Å². The number of alkyl halides is 3. The van der Waals surface area contributed by atoms with Crippen molar-refractivity contribution < 1.29 is 31.1 Å². The third kappa shape index (κ3) is 4.08. The first-order chi connectivity index (χ1) is 12.9. The zero-order chi connectivity index (χ0) is 21.3. The predicted octanol–water partition coefficient (Wildman–Crippen LogP) is 0.488. The second kappa shape index (κ2) is 7.50. The summed E-state index contributed by atoms with van der Waals surface area (Å²) < 4.78 is 67.8. The average molecular weight is 421 g/mol. The van der Waals surface area contributed by atoms with E-state index in [4.69, 9.17) is 4.74 Å². The highest BCUT2D eigenvalue weighted by Gasteiger charge is 2.47. The zero-order valence-corrected chi connectivity index (χ0v) is 15.3. The molecule has 0 saturated carbocycles. The first-order valence-corrected chi connectivity index (χ1v) is 8.92. The molecule has 0 radical (unpaired) electrons. The predicted molar refractivity (Wildman–Crippen MR) is 90.8 cm³/mol. The van der Waals surface area contributed by atoms with Crippen LogP contribution in [0.1, 0.15) is 0 Å². The van der Waals surface area contributed by atoms with Crippen molar-refractivity contribution in [2.75, 3.05) is 12.4 Å². The van der Waals surface area contributed by atoms with Gasteiger partial charge in [0.1, 0.15) is 12.3 Å². The number of carbonyl (C=O) groups excluding carboxylic acids is 1. The van der Waals surface area contributed by atoms with Gasteiger partial charge in [0.15, 0.2) is 0 Å². The van der Waals surface area contributed by atoms with Crippen molar-refractivity contribution in [1.82, 2.24) is 9.13 Å². The van der Waals surface area contributed by atoms with E-state index in [2.05, 4.69) is 5.32 Å². The van der Waals surface area contributed by atoms with Crippen LogP contribution in [0, 0.1) is 0 Å². The summed E-state index contributed by atoms with van der Waals surface area (Å²) in [5, 5.41) is 2.19. The Morgan fingerprint density at radius 2 is 1.86 bits per heavy atom. The molecule has 0 unspecified atom stereocenters. The van der Waals surface area contributed by atoms with Gasteiger partial charge in [-0.1, -0.05) is 0 Å².